The minimum atomic E-state index is -1.26. The highest BCUT2D eigenvalue weighted by molar-refractivity contribution is 5.94. The number of carbonyl (C=O) groups excluding carboxylic acids is 1. The lowest BCUT2D eigenvalue weighted by molar-refractivity contribution is 0.0650. The molecule has 18 heavy (non-hydrogen) atoms. The van der Waals surface area contributed by atoms with Crippen LogP contribution in [0, 0.1) is 0 Å². The SMILES string of the molecule is CCCC(COC)NC(=O)c1cc(C(=O)O)on1. The Kier molecular flexibility index (Phi) is 5.31. The maximum Gasteiger partial charge on any atom is 0.374 e. The summed E-state index contributed by atoms with van der Waals surface area (Å²) in [5.41, 5.74) is -0.0513. The van der Waals surface area contributed by atoms with Gasteiger partial charge in [-0.25, -0.2) is 4.79 Å². The zero-order chi connectivity index (χ0) is 13.5. The van der Waals surface area contributed by atoms with Gasteiger partial charge >= 0.3 is 5.97 Å². The summed E-state index contributed by atoms with van der Waals surface area (Å²) in [6.45, 7) is 2.39. The van der Waals surface area contributed by atoms with Gasteiger partial charge in [0.2, 0.25) is 5.76 Å². The van der Waals surface area contributed by atoms with E-state index in [0.717, 1.165) is 18.9 Å². The van der Waals surface area contributed by atoms with Crippen molar-refractivity contribution >= 4 is 11.9 Å². The Morgan fingerprint density at radius 3 is 2.83 bits per heavy atom. The average molecular weight is 256 g/mol. The van der Waals surface area contributed by atoms with Crippen molar-refractivity contribution in [3.63, 3.8) is 0 Å². The molecule has 100 valence electrons. The van der Waals surface area contributed by atoms with Gasteiger partial charge in [-0.2, -0.15) is 0 Å². The molecule has 7 nitrogen and oxygen atoms in total. The van der Waals surface area contributed by atoms with Crippen molar-refractivity contribution < 1.29 is 24.0 Å². The molecule has 0 spiro atoms. The third kappa shape index (κ3) is 3.85. The second-order valence-electron chi connectivity index (χ2n) is 3.80. The topological polar surface area (TPSA) is 102 Å². The minimum absolute atomic E-state index is 0.0513. The molecule has 1 unspecified atom stereocenters. The summed E-state index contributed by atoms with van der Waals surface area (Å²) in [6.07, 6.45) is 1.66. The summed E-state index contributed by atoms with van der Waals surface area (Å²) in [4.78, 5) is 22.3. The van der Waals surface area contributed by atoms with E-state index in [2.05, 4.69) is 15.0 Å². The maximum atomic E-state index is 11.8. The summed E-state index contributed by atoms with van der Waals surface area (Å²) in [5, 5.41) is 14.8. The summed E-state index contributed by atoms with van der Waals surface area (Å²) in [7, 11) is 1.55. The summed E-state index contributed by atoms with van der Waals surface area (Å²) in [6, 6.07) is 0.963. The normalized spacial score (nSPS) is 12.1. The molecule has 1 amide bonds. The van der Waals surface area contributed by atoms with Gasteiger partial charge in [0.25, 0.3) is 5.91 Å². The Morgan fingerprint density at radius 1 is 1.61 bits per heavy atom. The first kappa shape index (κ1) is 14.2. The van der Waals surface area contributed by atoms with E-state index in [1.807, 2.05) is 6.92 Å². The van der Waals surface area contributed by atoms with Crippen molar-refractivity contribution in [1.82, 2.24) is 10.5 Å². The molecule has 0 aromatic carbocycles. The van der Waals surface area contributed by atoms with Crippen LogP contribution in [-0.4, -0.2) is 41.9 Å². The zero-order valence-corrected chi connectivity index (χ0v) is 10.3. The predicted molar refractivity (Wildman–Crippen MR) is 61.5 cm³/mol. The first-order valence-electron chi connectivity index (χ1n) is 5.58. The molecule has 0 aliphatic heterocycles. The standard InChI is InChI=1S/C11H16N2O5/c1-3-4-7(6-17-2)12-10(14)8-5-9(11(15)16)18-13-8/h5,7H,3-4,6H2,1-2H3,(H,12,14)(H,15,16). The largest absolute Gasteiger partial charge is 0.475 e. The fourth-order valence-corrected chi connectivity index (χ4v) is 1.49. The van der Waals surface area contributed by atoms with Crippen LogP contribution in [0.15, 0.2) is 10.6 Å². The van der Waals surface area contributed by atoms with Crippen LogP contribution in [0.1, 0.15) is 40.8 Å². The van der Waals surface area contributed by atoms with Crippen LogP contribution in [0.2, 0.25) is 0 Å². The molecule has 7 heteroatoms. The van der Waals surface area contributed by atoms with Crippen molar-refractivity contribution in [3.8, 4) is 0 Å². The third-order valence-corrected chi connectivity index (χ3v) is 2.29. The number of nitrogens with zero attached hydrogens (tertiary/aromatic N) is 1. The van der Waals surface area contributed by atoms with Crippen molar-refractivity contribution in [3.05, 3.63) is 17.5 Å². The molecule has 1 heterocycles. The number of hydrogen-bond donors (Lipinski definition) is 2. The van der Waals surface area contributed by atoms with Gasteiger partial charge in [0.1, 0.15) is 0 Å². The monoisotopic (exact) mass is 256 g/mol. The molecular formula is C11H16N2O5. The van der Waals surface area contributed by atoms with E-state index in [1.165, 1.54) is 0 Å². The molecule has 0 saturated carbocycles. The van der Waals surface area contributed by atoms with E-state index in [0.29, 0.717) is 6.61 Å². The van der Waals surface area contributed by atoms with Gasteiger partial charge in [-0.15, -0.1) is 0 Å². The molecule has 1 aromatic rings. The molecule has 2 N–H and O–H groups in total. The van der Waals surface area contributed by atoms with Crippen LogP contribution in [0.3, 0.4) is 0 Å². The van der Waals surface area contributed by atoms with E-state index in [1.54, 1.807) is 7.11 Å². The van der Waals surface area contributed by atoms with Gasteiger partial charge in [0.05, 0.1) is 12.6 Å². The Bertz CT molecular complexity index is 409. The van der Waals surface area contributed by atoms with Gasteiger partial charge in [0.15, 0.2) is 5.69 Å². The van der Waals surface area contributed by atoms with Crippen molar-refractivity contribution in [1.29, 1.82) is 0 Å². The minimum Gasteiger partial charge on any atom is -0.475 e. The van der Waals surface area contributed by atoms with Gasteiger partial charge in [0, 0.05) is 13.2 Å². The van der Waals surface area contributed by atoms with E-state index < -0.39 is 11.9 Å². The Labute approximate surface area is 104 Å². The second-order valence-corrected chi connectivity index (χ2v) is 3.80. The number of aromatic carboxylic acids is 1. The van der Waals surface area contributed by atoms with E-state index in [-0.39, 0.29) is 17.5 Å². The highest BCUT2D eigenvalue weighted by Crippen LogP contribution is 2.05. The Balaban J connectivity index is 2.64. The second kappa shape index (κ2) is 6.75. The molecule has 0 saturated heterocycles. The maximum absolute atomic E-state index is 11.8. The molecule has 1 aromatic heterocycles. The molecule has 1 atom stereocenters. The fraction of sp³-hybridized carbons (Fsp3) is 0.545. The van der Waals surface area contributed by atoms with Crippen LogP contribution >= 0.6 is 0 Å². The number of aromatic nitrogens is 1. The summed E-state index contributed by atoms with van der Waals surface area (Å²) in [5.74, 6) is -2.09. The van der Waals surface area contributed by atoms with Crippen molar-refractivity contribution in [2.45, 2.75) is 25.8 Å². The summed E-state index contributed by atoms with van der Waals surface area (Å²) < 4.78 is 9.49. The predicted octanol–water partition coefficient (Wildman–Crippen LogP) is 0.918. The van der Waals surface area contributed by atoms with Gasteiger partial charge < -0.3 is 19.7 Å². The van der Waals surface area contributed by atoms with Gasteiger partial charge in [-0.1, -0.05) is 18.5 Å². The first-order valence-corrected chi connectivity index (χ1v) is 5.58. The zero-order valence-electron chi connectivity index (χ0n) is 10.3. The molecule has 0 aliphatic carbocycles. The average Bonchev–Trinajstić information content (AvgIpc) is 2.79. The van der Waals surface area contributed by atoms with Crippen molar-refractivity contribution in [2.24, 2.45) is 0 Å². The fourth-order valence-electron chi connectivity index (χ4n) is 1.49. The van der Waals surface area contributed by atoms with Crippen LogP contribution in [0.25, 0.3) is 0 Å². The highest BCUT2D eigenvalue weighted by Gasteiger charge is 2.19. The number of rotatable bonds is 7. The molecular weight excluding hydrogens is 240 g/mol. The Hall–Kier alpha value is -1.89. The third-order valence-electron chi connectivity index (χ3n) is 2.29. The van der Waals surface area contributed by atoms with Crippen LogP contribution in [0.4, 0.5) is 0 Å². The number of amides is 1. The number of methoxy groups -OCH3 is 1. The first-order chi connectivity index (χ1) is 8.58. The smallest absolute Gasteiger partial charge is 0.374 e. The van der Waals surface area contributed by atoms with Gasteiger partial charge in [-0.05, 0) is 6.42 Å². The van der Waals surface area contributed by atoms with E-state index in [4.69, 9.17) is 9.84 Å². The van der Waals surface area contributed by atoms with Gasteiger partial charge in [-0.3, -0.25) is 4.79 Å². The summed E-state index contributed by atoms with van der Waals surface area (Å²) >= 11 is 0. The molecule has 0 bridgehead atoms. The number of carboxylic acids is 1. The van der Waals surface area contributed by atoms with Crippen LogP contribution < -0.4 is 5.32 Å². The van der Waals surface area contributed by atoms with Crippen LogP contribution in [0.5, 0.6) is 0 Å². The number of carbonyl (C=O) groups is 2. The molecule has 0 aliphatic rings. The molecule has 1 rings (SSSR count). The highest BCUT2D eigenvalue weighted by atomic mass is 16.5. The van der Waals surface area contributed by atoms with E-state index in [9.17, 15) is 9.59 Å². The number of ether oxygens (including phenoxy) is 1. The van der Waals surface area contributed by atoms with Crippen LogP contribution in [-0.2, 0) is 4.74 Å². The Morgan fingerprint density at radius 2 is 2.33 bits per heavy atom. The van der Waals surface area contributed by atoms with E-state index >= 15 is 0 Å². The lowest BCUT2D eigenvalue weighted by Crippen LogP contribution is -2.38. The van der Waals surface area contributed by atoms with Crippen molar-refractivity contribution in [2.75, 3.05) is 13.7 Å². The lowest BCUT2D eigenvalue weighted by atomic mass is 10.2. The number of hydrogen-bond acceptors (Lipinski definition) is 5. The molecule has 0 fully saturated rings. The molecule has 0 radical (unpaired) electrons. The number of nitrogens with one attached hydrogen (secondary N) is 1. The lowest BCUT2D eigenvalue weighted by Gasteiger charge is -2.15. The quantitative estimate of drug-likeness (QED) is 0.752. The number of carboxylic acid groups (broad SMARTS) is 1.